The minimum atomic E-state index is -0.637. The highest BCUT2D eigenvalue weighted by Crippen LogP contribution is 2.67. The van der Waals surface area contributed by atoms with Crippen LogP contribution in [0.15, 0.2) is 0 Å². The molecule has 4 aliphatic carbocycles. The lowest BCUT2D eigenvalue weighted by molar-refractivity contribution is -0.154. The van der Waals surface area contributed by atoms with Crippen molar-refractivity contribution in [1.29, 1.82) is 0 Å². The first-order valence-electron chi connectivity index (χ1n) is 13.0. The topological polar surface area (TPSA) is 57.5 Å². The van der Waals surface area contributed by atoms with Crippen molar-refractivity contribution in [3.63, 3.8) is 0 Å². The van der Waals surface area contributed by atoms with Crippen molar-refractivity contribution in [3.05, 3.63) is 0 Å². The highest BCUT2D eigenvalue weighted by molar-refractivity contribution is 5.83. The van der Waals surface area contributed by atoms with Gasteiger partial charge in [0.2, 0.25) is 0 Å². The molecular weight excluding hydrogens is 372 g/mol. The fourth-order valence-corrected chi connectivity index (χ4v) is 8.77. The molecule has 4 saturated carbocycles. The molecule has 0 amide bonds. The zero-order chi connectivity index (χ0) is 21.8. The normalized spacial score (nSPS) is 46.7. The van der Waals surface area contributed by atoms with Gasteiger partial charge in [-0.3, -0.25) is 4.79 Å². The molecule has 0 aromatic heterocycles. The van der Waals surface area contributed by atoms with E-state index >= 15 is 0 Å². The first kappa shape index (κ1) is 22.8. The second-order valence-electron chi connectivity index (χ2n) is 12.6. The number of hydrogen-bond donors (Lipinski definition) is 2. The minimum Gasteiger partial charge on any atom is -0.390 e. The van der Waals surface area contributed by atoms with Gasteiger partial charge in [-0.15, -0.1) is 0 Å². The van der Waals surface area contributed by atoms with E-state index in [1.165, 1.54) is 38.5 Å². The number of aliphatic hydroxyl groups is 2. The van der Waals surface area contributed by atoms with E-state index in [4.69, 9.17) is 0 Å². The zero-order valence-corrected chi connectivity index (χ0v) is 20.1. The van der Waals surface area contributed by atoms with Gasteiger partial charge in [0, 0.05) is 12.3 Å². The maximum Gasteiger partial charge on any atom is 0.136 e. The summed E-state index contributed by atoms with van der Waals surface area (Å²) in [6, 6.07) is 0. The van der Waals surface area contributed by atoms with Crippen LogP contribution in [0.1, 0.15) is 98.8 Å². The molecule has 4 fully saturated rings. The molecule has 172 valence electrons. The van der Waals surface area contributed by atoms with Crippen LogP contribution in [0.4, 0.5) is 0 Å². The van der Waals surface area contributed by atoms with Gasteiger partial charge in [-0.2, -0.15) is 0 Å². The molecule has 0 bridgehead atoms. The van der Waals surface area contributed by atoms with E-state index in [1.54, 1.807) is 0 Å². The Morgan fingerprint density at radius 1 is 0.933 bits per heavy atom. The summed E-state index contributed by atoms with van der Waals surface area (Å²) in [6.45, 7) is 11.2. The highest BCUT2D eigenvalue weighted by atomic mass is 16.3. The third-order valence-electron chi connectivity index (χ3n) is 11.1. The van der Waals surface area contributed by atoms with Crippen molar-refractivity contribution in [3.8, 4) is 0 Å². The number of rotatable bonds is 5. The molecule has 4 rings (SSSR count). The molecule has 0 saturated heterocycles. The Morgan fingerprint density at radius 3 is 2.33 bits per heavy atom. The van der Waals surface area contributed by atoms with Crippen LogP contribution in [-0.4, -0.2) is 28.2 Å². The number of hydrogen-bond acceptors (Lipinski definition) is 3. The molecular formula is C27H46O3. The smallest absolute Gasteiger partial charge is 0.136 e. The fourth-order valence-electron chi connectivity index (χ4n) is 8.77. The summed E-state index contributed by atoms with van der Waals surface area (Å²) in [7, 11) is 0. The first-order chi connectivity index (χ1) is 14.1. The van der Waals surface area contributed by atoms with Gasteiger partial charge < -0.3 is 10.2 Å². The van der Waals surface area contributed by atoms with E-state index in [-0.39, 0.29) is 16.7 Å². The molecule has 3 heteroatoms. The molecule has 10 atom stereocenters. The number of aliphatic hydroxyl groups excluding tert-OH is 2. The van der Waals surface area contributed by atoms with Crippen LogP contribution in [0.5, 0.6) is 0 Å². The molecule has 0 spiro atoms. The van der Waals surface area contributed by atoms with Gasteiger partial charge in [0.1, 0.15) is 5.78 Å². The summed E-state index contributed by atoms with van der Waals surface area (Å²) in [6.07, 6.45) is 10.0. The van der Waals surface area contributed by atoms with Gasteiger partial charge >= 0.3 is 0 Å². The van der Waals surface area contributed by atoms with Gasteiger partial charge in [-0.1, -0.05) is 47.5 Å². The van der Waals surface area contributed by atoms with Crippen molar-refractivity contribution in [2.75, 3.05) is 0 Å². The predicted octanol–water partition coefficient (Wildman–Crippen LogP) is 5.62. The van der Waals surface area contributed by atoms with Gasteiger partial charge in [0.25, 0.3) is 0 Å². The van der Waals surface area contributed by atoms with Crippen LogP contribution >= 0.6 is 0 Å². The van der Waals surface area contributed by atoms with Gasteiger partial charge in [0.05, 0.1) is 12.2 Å². The largest absolute Gasteiger partial charge is 0.390 e. The fraction of sp³-hybridized carbons (Fsp3) is 0.963. The average molecular weight is 419 g/mol. The summed E-state index contributed by atoms with van der Waals surface area (Å²) in [5.74, 6) is 3.73. The maximum absolute atomic E-state index is 13.2. The van der Waals surface area contributed by atoms with Crippen LogP contribution in [-0.2, 0) is 4.79 Å². The van der Waals surface area contributed by atoms with Crippen LogP contribution < -0.4 is 0 Å². The molecule has 4 aliphatic rings. The molecule has 0 radical (unpaired) electrons. The van der Waals surface area contributed by atoms with E-state index in [2.05, 4.69) is 34.6 Å². The number of Topliss-reactive ketones (excluding diaryl/α,β-unsaturated/α-hetero) is 1. The standard InChI is InChI=1S/C27H46O3/c1-16(2)17(3)25(30)24(29)14-18-9-10-20-19-15-23(28)22-8-6-7-12-27(22,5)21(19)11-13-26(18,20)4/h16-22,24-25,29-30H,6-15H2,1-5H3/t17-,18?,19?,20?,21?,22?,24+,25+,26+,27+/m0/s1. The van der Waals surface area contributed by atoms with Crippen molar-refractivity contribution in [2.45, 2.75) is 111 Å². The molecule has 0 aliphatic heterocycles. The van der Waals surface area contributed by atoms with Crippen LogP contribution in [0.3, 0.4) is 0 Å². The van der Waals surface area contributed by atoms with Gasteiger partial charge in [-0.25, -0.2) is 0 Å². The molecule has 0 aromatic rings. The highest BCUT2D eigenvalue weighted by Gasteiger charge is 2.61. The molecule has 0 heterocycles. The molecule has 0 aromatic carbocycles. The summed E-state index contributed by atoms with van der Waals surface area (Å²) in [5, 5.41) is 21.6. The minimum absolute atomic E-state index is 0.111. The number of carbonyl (C=O) groups excluding carboxylic acids is 1. The van der Waals surface area contributed by atoms with Gasteiger partial charge in [-0.05, 0) is 91.3 Å². The SMILES string of the molecule is CC(C)[C@H](C)[C@@H](O)[C@H](O)CC1CCC2C3CC(=O)C4CCCC[C@]4(C)C3CC[C@]12C. The van der Waals surface area contributed by atoms with Crippen LogP contribution in [0, 0.1) is 52.3 Å². The Bertz CT molecular complexity index is 644. The van der Waals surface area contributed by atoms with Crippen LogP contribution in [0.2, 0.25) is 0 Å². The van der Waals surface area contributed by atoms with Crippen LogP contribution in [0.25, 0.3) is 0 Å². The van der Waals surface area contributed by atoms with E-state index in [1.807, 2.05) is 0 Å². The second kappa shape index (κ2) is 8.18. The lowest BCUT2D eigenvalue weighted by Crippen LogP contribution is -2.55. The third kappa shape index (κ3) is 3.51. The summed E-state index contributed by atoms with van der Waals surface area (Å²) >= 11 is 0. The Morgan fingerprint density at radius 2 is 1.63 bits per heavy atom. The Kier molecular flexibility index (Phi) is 6.21. The Balaban J connectivity index is 1.50. The molecule has 2 N–H and O–H groups in total. The van der Waals surface area contributed by atoms with E-state index < -0.39 is 12.2 Å². The maximum atomic E-state index is 13.2. The first-order valence-corrected chi connectivity index (χ1v) is 13.0. The summed E-state index contributed by atoms with van der Waals surface area (Å²) < 4.78 is 0. The van der Waals surface area contributed by atoms with Crippen molar-refractivity contribution >= 4 is 5.78 Å². The Labute approximate surface area is 184 Å². The van der Waals surface area contributed by atoms with E-state index in [0.717, 1.165) is 25.7 Å². The number of fused-ring (bicyclic) bond motifs is 5. The van der Waals surface area contributed by atoms with Crippen molar-refractivity contribution in [1.82, 2.24) is 0 Å². The molecule has 5 unspecified atom stereocenters. The van der Waals surface area contributed by atoms with Gasteiger partial charge in [0.15, 0.2) is 0 Å². The van der Waals surface area contributed by atoms with E-state index in [0.29, 0.717) is 41.3 Å². The Hall–Kier alpha value is -0.410. The summed E-state index contributed by atoms with van der Waals surface area (Å²) in [4.78, 5) is 13.2. The third-order valence-corrected chi connectivity index (χ3v) is 11.1. The summed E-state index contributed by atoms with van der Waals surface area (Å²) in [5.41, 5.74) is 0.459. The predicted molar refractivity (Wildman–Crippen MR) is 121 cm³/mol. The lowest BCUT2D eigenvalue weighted by Gasteiger charge is -2.59. The quantitative estimate of drug-likeness (QED) is 0.609. The molecule has 3 nitrogen and oxygen atoms in total. The van der Waals surface area contributed by atoms with Crippen molar-refractivity contribution < 1.29 is 15.0 Å². The van der Waals surface area contributed by atoms with Crippen molar-refractivity contribution in [2.24, 2.45) is 52.3 Å². The lowest BCUT2D eigenvalue weighted by atomic mass is 9.44. The average Bonchev–Trinajstić information content (AvgIpc) is 3.03. The number of ketones is 1. The van der Waals surface area contributed by atoms with E-state index in [9.17, 15) is 15.0 Å². The molecule has 30 heavy (non-hydrogen) atoms. The second-order valence-corrected chi connectivity index (χ2v) is 12.6. The zero-order valence-electron chi connectivity index (χ0n) is 20.1. The monoisotopic (exact) mass is 418 g/mol. The number of carbonyl (C=O) groups is 1.